The summed E-state index contributed by atoms with van der Waals surface area (Å²) in [6.45, 7) is 0. The number of oxime groups is 1. The lowest BCUT2D eigenvalue weighted by Gasteiger charge is -1.68. The molecule has 0 aliphatic carbocycles. The summed E-state index contributed by atoms with van der Waals surface area (Å²) in [6.07, 6.45) is -1.33. The molecule has 5 nitrogen and oxygen atoms in total. The van der Waals surface area contributed by atoms with Gasteiger partial charge < -0.3 is 14.8 Å². The van der Waals surface area contributed by atoms with Crippen LogP contribution in [0.2, 0.25) is 0 Å². The van der Waals surface area contributed by atoms with Crippen LogP contribution in [0.4, 0.5) is 4.79 Å². The van der Waals surface area contributed by atoms with Gasteiger partial charge in [-0.2, -0.15) is 0 Å². The molecular weight excluding hydrogens is 260 g/mol. The lowest BCUT2D eigenvalue weighted by atomic mass is 11.3. The summed E-state index contributed by atoms with van der Waals surface area (Å²) in [5.74, 6) is 0. The van der Waals surface area contributed by atoms with Gasteiger partial charge in [0.2, 0.25) is 16.3 Å². The van der Waals surface area contributed by atoms with E-state index in [1.807, 2.05) is 0 Å². The van der Waals surface area contributed by atoms with Crippen LogP contribution in [0.25, 0.3) is 0 Å². The van der Waals surface area contributed by atoms with E-state index in [1.54, 1.807) is 0 Å². The van der Waals surface area contributed by atoms with Crippen molar-refractivity contribution in [1.29, 1.82) is 0 Å². The van der Waals surface area contributed by atoms with Gasteiger partial charge in [-0.15, -0.1) is 0 Å². The van der Waals surface area contributed by atoms with Crippen LogP contribution in [0.1, 0.15) is 0 Å². The molecule has 0 fully saturated rings. The molecule has 9 heavy (non-hydrogen) atoms. The van der Waals surface area contributed by atoms with Crippen LogP contribution in [-0.2, 0) is 3.93 Å². The molecule has 0 aromatic rings. The topological polar surface area (TPSA) is 84.9 Å². The Morgan fingerprint density at radius 2 is 2.22 bits per heavy atom. The number of hydrogen-bond acceptors (Lipinski definition) is 3. The number of hydrogen-bond donors (Lipinski definition) is 2. The summed E-state index contributed by atoms with van der Waals surface area (Å²) >= 11 is 5.44. The van der Waals surface area contributed by atoms with Crippen molar-refractivity contribution in [2.24, 2.45) is 10.9 Å². The number of carbonyl (C=O) groups is 1. The maximum absolute atomic E-state index is 8.78. The van der Waals surface area contributed by atoms with Gasteiger partial charge >= 0.3 is 6.09 Å². The van der Waals surface area contributed by atoms with E-state index < -0.39 is 6.09 Å². The highest BCUT2D eigenvalue weighted by atomic mass is 79.9. The molecule has 0 aromatic heterocycles. The zero-order chi connectivity index (χ0) is 7.70. The standard InChI is InChI=1S/CHBr2NO.CH3NO2/c2-1-4-5-3;2-1(3)4/h1H;2H2,(H,3,4)/b4-1-;. The second kappa shape index (κ2) is 10.6. The van der Waals surface area contributed by atoms with Crippen molar-refractivity contribution in [3.05, 3.63) is 0 Å². The Morgan fingerprint density at radius 1 is 1.89 bits per heavy atom. The van der Waals surface area contributed by atoms with Gasteiger partial charge in [0, 0.05) is 0 Å². The molecule has 0 rings (SSSR count). The van der Waals surface area contributed by atoms with Gasteiger partial charge in [0.15, 0.2) is 0 Å². The molecule has 0 aromatic carbocycles. The van der Waals surface area contributed by atoms with E-state index in [1.165, 1.54) is 5.12 Å². The molecule has 0 saturated heterocycles. The summed E-state index contributed by atoms with van der Waals surface area (Å²) < 4.78 is 4.03. The van der Waals surface area contributed by atoms with Gasteiger partial charge in [0.25, 0.3) is 0 Å². The third-order valence-electron chi connectivity index (χ3n) is 0.0797. The minimum absolute atomic E-state index is 1.33. The van der Waals surface area contributed by atoms with Gasteiger partial charge in [-0.3, -0.25) is 0 Å². The van der Waals surface area contributed by atoms with Gasteiger partial charge in [0.1, 0.15) is 5.12 Å². The second-order valence-corrected chi connectivity index (χ2v) is 1.31. The molecule has 0 heterocycles. The van der Waals surface area contributed by atoms with Gasteiger partial charge in [0.05, 0.1) is 0 Å². The molecule has 0 atom stereocenters. The molecule has 1 amide bonds. The number of nitrogens with zero attached hydrogens (tertiary/aromatic N) is 1. The molecule has 0 saturated carbocycles. The summed E-state index contributed by atoms with van der Waals surface area (Å²) in [4.78, 5) is 8.78. The zero-order valence-electron chi connectivity index (χ0n) is 4.12. The van der Waals surface area contributed by atoms with E-state index in [0.717, 1.165) is 0 Å². The fourth-order valence-electron chi connectivity index (χ4n) is 0.0151. The van der Waals surface area contributed by atoms with Crippen molar-refractivity contribution in [3.8, 4) is 0 Å². The van der Waals surface area contributed by atoms with Crippen molar-refractivity contribution in [3.63, 3.8) is 0 Å². The maximum Gasteiger partial charge on any atom is 0.402 e. The molecule has 0 aliphatic rings. The minimum atomic E-state index is -1.33. The maximum atomic E-state index is 8.78. The van der Waals surface area contributed by atoms with Crippen molar-refractivity contribution in [2.75, 3.05) is 0 Å². The molecular formula is C2H4Br2N2O3. The number of nitrogens with two attached hydrogens (primary N) is 1. The van der Waals surface area contributed by atoms with E-state index >= 15 is 0 Å². The smallest absolute Gasteiger partial charge is 0.402 e. The predicted molar refractivity (Wildman–Crippen MR) is 39.6 cm³/mol. The van der Waals surface area contributed by atoms with Crippen LogP contribution >= 0.6 is 32.2 Å². The van der Waals surface area contributed by atoms with Crippen LogP contribution in [0, 0.1) is 0 Å². The van der Waals surface area contributed by atoms with Gasteiger partial charge in [-0.1, -0.05) is 5.16 Å². The lowest BCUT2D eigenvalue weighted by Crippen LogP contribution is -2.03. The third-order valence-corrected chi connectivity index (χ3v) is 0.414. The molecule has 0 unspecified atom stereocenters. The van der Waals surface area contributed by atoms with Crippen LogP contribution in [0.3, 0.4) is 0 Å². The quantitative estimate of drug-likeness (QED) is 0.552. The first kappa shape index (κ1) is 11.5. The van der Waals surface area contributed by atoms with Crippen molar-refractivity contribution in [2.45, 2.75) is 0 Å². The molecule has 0 aliphatic heterocycles. The average Bonchev–Trinajstić information content (AvgIpc) is 1.66. The van der Waals surface area contributed by atoms with E-state index in [0.29, 0.717) is 0 Å². The van der Waals surface area contributed by atoms with Crippen LogP contribution in [0.15, 0.2) is 5.16 Å². The van der Waals surface area contributed by atoms with E-state index in [2.05, 4.69) is 47.0 Å². The predicted octanol–water partition coefficient (Wildman–Crippen LogP) is 1.27. The zero-order valence-corrected chi connectivity index (χ0v) is 7.29. The van der Waals surface area contributed by atoms with Crippen LogP contribution in [0.5, 0.6) is 0 Å². The van der Waals surface area contributed by atoms with Crippen molar-refractivity contribution in [1.82, 2.24) is 0 Å². The largest absolute Gasteiger partial charge is 0.465 e. The number of halogens is 2. The number of amides is 1. The fraction of sp³-hybridized carbons (Fsp3) is 0. The normalized spacial score (nSPS) is 7.78. The Balaban J connectivity index is 0. The molecule has 0 spiro atoms. The van der Waals surface area contributed by atoms with Crippen LogP contribution < -0.4 is 5.73 Å². The highest BCUT2D eigenvalue weighted by molar-refractivity contribution is 9.17. The first-order valence-electron chi connectivity index (χ1n) is 1.53. The van der Waals surface area contributed by atoms with Crippen molar-refractivity contribution < 1.29 is 13.8 Å². The van der Waals surface area contributed by atoms with Gasteiger partial charge in [-0.25, -0.2) is 4.79 Å². The van der Waals surface area contributed by atoms with Crippen LogP contribution in [-0.4, -0.2) is 16.3 Å². The Bertz CT molecular complexity index is 91.8. The van der Waals surface area contributed by atoms with Gasteiger partial charge in [-0.05, 0) is 15.9 Å². The highest BCUT2D eigenvalue weighted by Gasteiger charge is 1.65. The first-order valence-corrected chi connectivity index (χ1v) is 3.09. The van der Waals surface area contributed by atoms with E-state index in [-0.39, 0.29) is 0 Å². The monoisotopic (exact) mass is 262 g/mol. The Hall–Kier alpha value is -0.300. The molecule has 7 heteroatoms. The molecule has 3 N–H and O–H groups in total. The average molecular weight is 264 g/mol. The Labute approximate surface area is 68.4 Å². The Kier molecular flexibility index (Phi) is 13.6. The highest BCUT2D eigenvalue weighted by Crippen LogP contribution is 1.82. The van der Waals surface area contributed by atoms with E-state index in [4.69, 9.17) is 9.90 Å². The van der Waals surface area contributed by atoms with E-state index in [9.17, 15) is 0 Å². The Morgan fingerprint density at radius 3 is 2.22 bits per heavy atom. The summed E-state index contributed by atoms with van der Waals surface area (Å²) in [7, 11) is 0. The fourth-order valence-corrected chi connectivity index (χ4v) is 0.407. The summed E-state index contributed by atoms with van der Waals surface area (Å²) in [5.41, 5.74) is 4.03. The first-order chi connectivity index (χ1) is 4.15. The number of rotatable bonds is 1. The number of primary amides is 1. The molecule has 0 radical (unpaired) electrons. The molecule has 0 bridgehead atoms. The summed E-state index contributed by atoms with van der Waals surface area (Å²) in [5, 5.41) is 11.7. The third kappa shape index (κ3) is 86.6. The number of carboxylic acid groups (broad SMARTS) is 1. The lowest BCUT2D eigenvalue weighted by molar-refractivity contribution is 0.205. The van der Waals surface area contributed by atoms with Crippen molar-refractivity contribution >= 4 is 43.4 Å². The SMILES string of the molecule is Br/C=N\OBr.NC(=O)O. The molecule has 54 valence electrons. The second-order valence-electron chi connectivity index (χ2n) is 0.610. The summed E-state index contributed by atoms with van der Waals surface area (Å²) in [6, 6.07) is 0. The minimum Gasteiger partial charge on any atom is -0.465 e.